The average Bonchev–Trinajstić information content (AvgIpc) is 3.05. The molecule has 140 valence electrons. The maximum atomic E-state index is 12.7. The van der Waals surface area contributed by atoms with E-state index < -0.39 is 21.9 Å². The molecule has 1 amide bonds. The Balaban J connectivity index is 2.10. The van der Waals surface area contributed by atoms with E-state index in [4.69, 9.17) is 5.11 Å². The number of nitrogens with zero attached hydrogens (tertiary/aromatic N) is 2. The highest BCUT2D eigenvalue weighted by Gasteiger charge is 2.30. The molecule has 1 aromatic heterocycles. The first-order valence-corrected chi connectivity index (χ1v) is 10.5. The Morgan fingerprint density at radius 3 is 2.52 bits per heavy atom. The molecule has 1 atom stereocenters. The summed E-state index contributed by atoms with van der Waals surface area (Å²) in [6, 6.07) is 2.95. The van der Waals surface area contributed by atoms with Crippen LogP contribution in [0.25, 0.3) is 0 Å². The van der Waals surface area contributed by atoms with E-state index in [1.54, 1.807) is 0 Å². The van der Waals surface area contributed by atoms with Crippen LogP contribution in [0.15, 0.2) is 16.3 Å². The van der Waals surface area contributed by atoms with Gasteiger partial charge < -0.3 is 10.0 Å². The molecule has 1 fully saturated rings. The molecule has 1 aromatic rings. The Hall–Kier alpha value is -1.45. The molecule has 0 bridgehead atoms. The highest BCUT2D eigenvalue weighted by atomic mass is 32.2. The van der Waals surface area contributed by atoms with Crippen molar-refractivity contribution in [2.24, 2.45) is 11.8 Å². The van der Waals surface area contributed by atoms with Crippen molar-refractivity contribution in [3.05, 3.63) is 17.0 Å². The summed E-state index contributed by atoms with van der Waals surface area (Å²) in [4.78, 5) is 24.9. The largest absolute Gasteiger partial charge is 0.481 e. The lowest BCUT2D eigenvalue weighted by Gasteiger charge is -2.28. The Labute approximate surface area is 152 Å². The van der Waals surface area contributed by atoms with Crippen LogP contribution in [0.4, 0.5) is 0 Å². The maximum Gasteiger partial charge on any atom is 0.308 e. The van der Waals surface area contributed by atoms with E-state index in [-0.39, 0.29) is 16.7 Å². The second kappa shape index (κ2) is 7.84. The molecule has 0 aliphatic carbocycles. The molecule has 2 heterocycles. The molecular formula is C16H24N2O5S2. The van der Waals surface area contributed by atoms with Crippen LogP contribution in [0.5, 0.6) is 0 Å². The molecule has 0 aromatic carbocycles. The second-order valence-corrected chi connectivity index (χ2v) is 9.88. The van der Waals surface area contributed by atoms with Crippen molar-refractivity contribution in [3.63, 3.8) is 0 Å². The number of sulfonamides is 1. The Morgan fingerprint density at radius 2 is 1.96 bits per heavy atom. The standard InChI is InChI=1S/C16H24N2O5S2/c1-11-6-8-18(9-7-11)25(22,23)14-5-4-13(24-14)15(19)17(3)10-12(2)16(20)21/h4-5,11-12H,6-10H2,1-3H3,(H,20,21). The van der Waals surface area contributed by atoms with E-state index >= 15 is 0 Å². The van der Waals surface area contributed by atoms with E-state index in [2.05, 4.69) is 6.92 Å². The second-order valence-electron chi connectivity index (χ2n) is 6.63. The highest BCUT2D eigenvalue weighted by molar-refractivity contribution is 7.91. The van der Waals surface area contributed by atoms with E-state index in [9.17, 15) is 18.0 Å². The summed E-state index contributed by atoms with van der Waals surface area (Å²) in [7, 11) is -2.06. The lowest BCUT2D eigenvalue weighted by molar-refractivity contribution is -0.141. The molecule has 0 spiro atoms. The van der Waals surface area contributed by atoms with Gasteiger partial charge in [0, 0.05) is 26.7 Å². The van der Waals surface area contributed by atoms with Crippen LogP contribution in [-0.4, -0.2) is 61.3 Å². The Bertz CT molecular complexity index is 735. The van der Waals surface area contributed by atoms with Crippen molar-refractivity contribution >= 4 is 33.2 Å². The molecule has 25 heavy (non-hydrogen) atoms. The number of amides is 1. The molecular weight excluding hydrogens is 364 g/mol. The van der Waals surface area contributed by atoms with Crippen molar-refractivity contribution in [1.82, 2.24) is 9.21 Å². The quantitative estimate of drug-likeness (QED) is 0.804. The fourth-order valence-electron chi connectivity index (χ4n) is 2.69. The first kappa shape index (κ1) is 19.9. The van der Waals surface area contributed by atoms with Gasteiger partial charge in [-0.05, 0) is 30.9 Å². The zero-order valence-electron chi connectivity index (χ0n) is 14.6. The van der Waals surface area contributed by atoms with Crippen molar-refractivity contribution in [3.8, 4) is 0 Å². The number of carboxylic acid groups (broad SMARTS) is 1. The van der Waals surface area contributed by atoms with Gasteiger partial charge in [-0.15, -0.1) is 11.3 Å². The monoisotopic (exact) mass is 388 g/mol. The van der Waals surface area contributed by atoms with Gasteiger partial charge in [-0.1, -0.05) is 13.8 Å². The minimum absolute atomic E-state index is 0.0676. The van der Waals surface area contributed by atoms with Gasteiger partial charge in [-0.2, -0.15) is 4.31 Å². The fraction of sp³-hybridized carbons (Fsp3) is 0.625. The molecule has 2 rings (SSSR count). The molecule has 0 saturated carbocycles. The van der Waals surface area contributed by atoms with E-state index in [0.29, 0.717) is 23.9 Å². The number of rotatable bonds is 6. The normalized spacial score (nSPS) is 18.0. The summed E-state index contributed by atoms with van der Waals surface area (Å²) < 4.78 is 27.0. The number of hydrogen-bond acceptors (Lipinski definition) is 5. The van der Waals surface area contributed by atoms with Crippen molar-refractivity contribution in [2.75, 3.05) is 26.7 Å². The third-order valence-electron chi connectivity index (χ3n) is 4.44. The fourth-order valence-corrected chi connectivity index (χ4v) is 5.61. The number of hydrogen-bond donors (Lipinski definition) is 1. The average molecular weight is 389 g/mol. The summed E-state index contributed by atoms with van der Waals surface area (Å²) in [6.45, 7) is 4.70. The van der Waals surface area contributed by atoms with Gasteiger partial charge in [0.2, 0.25) is 0 Å². The Kier molecular flexibility index (Phi) is 6.23. The van der Waals surface area contributed by atoms with E-state index in [1.807, 2.05) is 0 Å². The number of carbonyl (C=O) groups is 2. The van der Waals surface area contributed by atoms with E-state index in [1.165, 1.54) is 35.3 Å². The molecule has 7 nitrogen and oxygen atoms in total. The van der Waals surface area contributed by atoms with Crippen LogP contribution in [0.3, 0.4) is 0 Å². The highest BCUT2D eigenvalue weighted by Crippen LogP contribution is 2.28. The van der Waals surface area contributed by atoms with Gasteiger partial charge in [0.25, 0.3) is 15.9 Å². The lowest BCUT2D eigenvalue weighted by atomic mass is 10.0. The lowest BCUT2D eigenvalue weighted by Crippen LogP contribution is -2.37. The van der Waals surface area contributed by atoms with Crippen LogP contribution in [0.1, 0.15) is 36.4 Å². The third kappa shape index (κ3) is 4.59. The molecule has 1 N–H and O–H groups in total. The van der Waals surface area contributed by atoms with Gasteiger partial charge in [0.15, 0.2) is 0 Å². The molecule has 9 heteroatoms. The van der Waals surface area contributed by atoms with Crippen LogP contribution < -0.4 is 0 Å². The minimum Gasteiger partial charge on any atom is -0.481 e. The SMILES string of the molecule is CC1CCN(S(=O)(=O)c2ccc(C(=O)N(C)CC(C)C(=O)O)s2)CC1. The first-order valence-electron chi connectivity index (χ1n) is 8.21. The predicted molar refractivity (Wildman–Crippen MR) is 95.2 cm³/mol. The molecule has 0 radical (unpaired) electrons. The molecule has 1 saturated heterocycles. The smallest absolute Gasteiger partial charge is 0.308 e. The summed E-state index contributed by atoms with van der Waals surface area (Å²) in [5.41, 5.74) is 0. The van der Waals surface area contributed by atoms with Gasteiger partial charge in [-0.3, -0.25) is 9.59 Å². The maximum absolute atomic E-state index is 12.7. The van der Waals surface area contributed by atoms with Crippen LogP contribution >= 0.6 is 11.3 Å². The zero-order valence-corrected chi connectivity index (χ0v) is 16.3. The van der Waals surface area contributed by atoms with E-state index in [0.717, 1.165) is 24.2 Å². The number of thiophene rings is 1. The first-order chi connectivity index (χ1) is 11.6. The minimum atomic E-state index is -3.57. The summed E-state index contributed by atoms with van der Waals surface area (Å²) in [5.74, 6) is -1.51. The van der Waals surface area contributed by atoms with Crippen molar-refractivity contribution < 1.29 is 23.1 Å². The van der Waals surface area contributed by atoms with Crippen molar-refractivity contribution in [2.45, 2.75) is 30.9 Å². The van der Waals surface area contributed by atoms with Gasteiger partial charge >= 0.3 is 5.97 Å². The summed E-state index contributed by atoms with van der Waals surface area (Å²) >= 11 is 0.938. The number of aliphatic carboxylic acids is 1. The molecule has 1 aliphatic rings. The summed E-state index contributed by atoms with van der Waals surface area (Å²) in [5, 5.41) is 8.94. The van der Waals surface area contributed by atoms with Crippen LogP contribution in [-0.2, 0) is 14.8 Å². The molecule has 1 unspecified atom stereocenters. The van der Waals surface area contributed by atoms with Crippen molar-refractivity contribution in [1.29, 1.82) is 0 Å². The Morgan fingerprint density at radius 1 is 1.36 bits per heavy atom. The van der Waals surface area contributed by atoms with Gasteiger partial charge in [0.1, 0.15) is 4.21 Å². The molecule has 1 aliphatic heterocycles. The third-order valence-corrected chi connectivity index (χ3v) is 7.88. The topological polar surface area (TPSA) is 95.0 Å². The number of carbonyl (C=O) groups excluding carboxylic acids is 1. The van der Waals surface area contributed by atoms with Crippen LogP contribution in [0, 0.1) is 11.8 Å². The summed E-state index contributed by atoms with van der Waals surface area (Å²) in [6.07, 6.45) is 1.68. The number of carboxylic acids is 1. The number of piperidine rings is 1. The zero-order chi connectivity index (χ0) is 18.8. The van der Waals surface area contributed by atoms with Gasteiger partial charge in [-0.25, -0.2) is 8.42 Å². The van der Waals surface area contributed by atoms with Gasteiger partial charge in [0.05, 0.1) is 10.8 Å². The predicted octanol–water partition coefficient (Wildman–Crippen LogP) is 1.96. The van der Waals surface area contributed by atoms with Crippen LogP contribution in [0.2, 0.25) is 0 Å².